The van der Waals surface area contributed by atoms with E-state index in [0.717, 1.165) is 29.7 Å². The summed E-state index contributed by atoms with van der Waals surface area (Å²) in [6.07, 6.45) is 2.61. The van der Waals surface area contributed by atoms with Crippen molar-refractivity contribution in [3.05, 3.63) is 100 Å². The lowest BCUT2D eigenvalue weighted by Gasteiger charge is -2.23. The Morgan fingerprint density at radius 3 is 2.73 bits per heavy atom. The van der Waals surface area contributed by atoms with Gasteiger partial charge in [-0.1, -0.05) is 78.4 Å². The molecule has 0 radical (unpaired) electrons. The third-order valence-electron chi connectivity index (χ3n) is 7.64. The predicted molar refractivity (Wildman–Crippen MR) is 173 cm³/mol. The third kappa shape index (κ3) is 6.09. The van der Waals surface area contributed by atoms with Crippen LogP contribution in [0.2, 0.25) is 0 Å². The van der Waals surface area contributed by atoms with E-state index in [1.165, 1.54) is 33.6 Å². The lowest BCUT2D eigenvalue weighted by molar-refractivity contribution is -0.132. The van der Waals surface area contributed by atoms with Gasteiger partial charge in [0.05, 0.1) is 18.2 Å². The first-order valence-corrected chi connectivity index (χ1v) is 16.5. The Bertz CT molecular complexity index is 1730. The van der Waals surface area contributed by atoms with Crippen molar-refractivity contribution in [1.82, 2.24) is 10.2 Å². The van der Waals surface area contributed by atoms with Gasteiger partial charge in [0.2, 0.25) is 5.13 Å². The molecule has 3 aromatic carbocycles. The zero-order chi connectivity index (χ0) is 30.8. The van der Waals surface area contributed by atoms with Crippen LogP contribution in [0.15, 0.2) is 76.6 Å². The molecule has 0 saturated carbocycles. The molecule has 8 nitrogen and oxygen atoms in total. The first-order valence-electron chi connectivity index (χ1n) is 14.7. The van der Waals surface area contributed by atoms with Crippen LogP contribution in [-0.2, 0) is 21.8 Å². The number of rotatable bonds is 10. The van der Waals surface area contributed by atoms with E-state index >= 15 is 0 Å². The van der Waals surface area contributed by atoms with Crippen molar-refractivity contribution >= 4 is 45.7 Å². The maximum absolute atomic E-state index is 13.7. The number of ketones is 1. The molecule has 4 aromatic rings. The van der Waals surface area contributed by atoms with Crippen molar-refractivity contribution in [2.24, 2.45) is 0 Å². The maximum Gasteiger partial charge on any atom is 0.301 e. The summed E-state index contributed by atoms with van der Waals surface area (Å²) >= 11 is 2.76. The summed E-state index contributed by atoms with van der Waals surface area (Å²) in [7, 11) is 0. The van der Waals surface area contributed by atoms with Gasteiger partial charge in [-0.15, -0.1) is 10.2 Å². The second-order valence-corrected chi connectivity index (χ2v) is 13.2. The number of aliphatic hydroxyl groups is 1. The summed E-state index contributed by atoms with van der Waals surface area (Å²) in [6.45, 7) is 6.67. The number of carbonyl (C=O) groups excluding carboxylic acids is 2. The third-order valence-corrected chi connectivity index (χ3v) is 9.77. The fourth-order valence-corrected chi connectivity index (χ4v) is 7.19. The fourth-order valence-electron chi connectivity index (χ4n) is 5.37. The molecule has 1 saturated heterocycles. The van der Waals surface area contributed by atoms with Crippen LogP contribution in [0.25, 0.3) is 5.76 Å². The van der Waals surface area contributed by atoms with Crippen molar-refractivity contribution in [3.63, 3.8) is 0 Å². The van der Waals surface area contributed by atoms with Gasteiger partial charge in [-0.25, -0.2) is 0 Å². The normalized spacial score (nSPS) is 18.8. The van der Waals surface area contributed by atoms with Crippen molar-refractivity contribution in [2.45, 2.75) is 62.3 Å². The predicted octanol–water partition coefficient (Wildman–Crippen LogP) is 7.27. The monoisotopic (exact) mass is 627 g/mol. The molecule has 1 aromatic heterocycles. The molecule has 3 heterocycles. The number of unbranched alkanes of at least 4 members (excludes halogenated alkanes) is 1. The number of Topliss-reactive ketones (excluding diaryl/α,β-unsaturated/α-hetero) is 1. The molecule has 6 rings (SSSR count). The summed E-state index contributed by atoms with van der Waals surface area (Å²) in [5, 5.41) is 20.6. The van der Waals surface area contributed by atoms with Gasteiger partial charge in [-0.05, 0) is 67.3 Å². The number of nitrogens with zero attached hydrogens (tertiary/aromatic N) is 3. The fraction of sp³-hybridized carbons (Fsp3) is 0.294. The average molecular weight is 628 g/mol. The van der Waals surface area contributed by atoms with E-state index in [9.17, 15) is 14.7 Å². The number of aromatic nitrogens is 2. The van der Waals surface area contributed by atoms with Gasteiger partial charge in [0.15, 0.2) is 4.34 Å². The number of thioether (sulfide) groups is 1. The van der Waals surface area contributed by atoms with Crippen LogP contribution in [-0.4, -0.2) is 39.7 Å². The minimum absolute atomic E-state index is 0.00307. The standard InChI is InChI=1S/C34H33N3O5S2/c1-4-5-15-41-26-8-6-7-23(18-26)29-28(30(38)24-13-14-27-25(17-24)16-21(3)42-27)31(39)32(40)37(29)33-35-36-34(44-33)43-19-22-11-9-20(2)10-12-22/h6-14,17-18,21,29,38H,4-5,15-16,19H2,1-3H3/t21-,29+/m1/s1. The zero-order valence-electron chi connectivity index (χ0n) is 24.8. The summed E-state index contributed by atoms with van der Waals surface area (Å²) in [4.78, 5) is 28.7. The van der Waals surface area contributed by atoms with Crippen molar-refractivity contribution < 1.29 is 24.2 Å². The molecule has 1 fully saturated rings. The highest BCUT2D eigenvalue weighted by molar-refractivity contribution is 8.00. The Kier molecular flexibility index (Phi) is 8.72. The van der Waals surface area contributed by atoms with Gasteiger partial charge in [-0.3, -0.25) is 14.5 Å². The van der Waals surface area contributed by atoms with E-state index in [1.54, 1.807) is 12.1 Å². The summed E-state index contributed by atoms with van der Waals surface area (Å²) in [6, 6.07) is 20.0. The number of benzene rings is 3. The first kappa shape index (κ1) is 29.9. The highest BCUT2D eigenvalue weighted by Crippen LogP contribution is 2.45. The van der Waals surface area contributed by atoms with E-state index in [-0.39, 0.29) is 22.6 Å². The topological polar surface area (TPSA) is 102 Å². The first-order chi connectivity index (χ1) is 21.3. The molecule has 44 heavy (non-hydrogen) atoms. The van der Waals surface area contributed by atoms with Gasteiger partial charge < -0.3 is 14.6 Å². The smallest absolute Gasteiger partial charge is 0.301 e. The van der Waals surface area contributed by atoms with Crippen molar-refractivity contribution in [3.8, 4) is 11.5 Å². The molecule has 10 heteroatoms. The van der Waals surface area contributed by atoms with Crippen molar-refractivity contribution in [1.29, 1.82) is 0 Å². The highest BCUT2D eigenvalue weighted by atomic mass is 32.2. The number of hydrogen-bond acceptors (Lipinski definition) is 9. The van der Waals surface area contributed by atoms with Gasteiger partial charge in [-0.2, -0.15) is 0 Å². The Hall–Kier alpha value is -4.15. The molecule has 2 aliphatic heterocycles. The molecule has 1 N–H and O–H groups in total. The lowest BCUT2D eigenvalue weighted by Crippen LogP contribution is -2.29. The number of carbonyl (C=O) groups is 2. The molecule has 0 aliphatic carbocycles. The van der Waals surface area contributed by atoms with Crippen molar-refractivity contribution in [2.75, 3.05) is 11.5 Å². The number of hydrogen-bond donors (Lipinski definition) is 1. The van der Waals surface area contributed by atoms with E-state index in [1.807, 2.05) is 44.2 Å². The zero-order valence-corrected chi connectivity index (χ0v) is 26.4. The lowest BCUT2D eigenvalue weighted by atomic mass is 9.94. The van der Waals surface area contributed by atoms with Gasteiger partial charge in [0.1, 0.15) is 23.4 Å². The Morgan fingerprint density at radius 2 is 1.93 bits per heavy atom. The molecular formula is C34H33N3O5S2. The second kappa shape index (κ2) is 12.8. The maximum atomic E-state index is 13.7. The molecular weight excluding hydrogens is 595 g/mol. The van der Waals surface area contributed by atoms with E-state index < -0.39 is 17.7 Å². The summed E-state index contributed by atoms with van der Waals surface area (Å²) in [5.74, 6) is 0.282. The Morgan fingerprint density at radius 1 is 1.11 bits per heavy atom. The van der Waals surface area contributed by atoms with E-state index in [0.29, 0.717) is 40.0 Å². The molecule has 1 amide bonds. The molecule has 0 bridgehead atoms. The van der Waals surface area contributed by atoms with Crippen LogP contribution >= 0.6 is 23.1 Å². The minimum atomic E-state index is -0.920. The SMILES string of the molecule is CCCCOc1cccc([C@H]2C(=C(O)c3ccc4c(c3)C[C@@H](C)O4)C(=O)C(=O)N2c2nnc(SCc3ccc(C)cc3)s2)c1. The molecule has 2 aliphatic rings. The van der Waals surface area contributed by atoms with Crippen LogP contribution < -0.4 is 14.4 Å². The molecule has 0 spiro atoms. The minimum Gasteiger partial charge on any atom is -0.507 e. The Labute approximate surface area is 264 Å². The quantitative estimate of drug-likeness (QED) is 0.0489. The molecule has 0 unspecified atom stereocenters. The number of ether oxygens (including phenoxy) is 2. The summed E-state index contributed by atoms with van der Waals surface area (Å²) < 4.78 is 12.5. The molecule has 226 valence electrons. The van der Waals surface area contributed by atoms with Gasteiger partial charge in [0, 0.05) is 17.7 Å². The van der Waals surface area contributed by atoms with Gasteiger partial charge in [0.25, 0.3) is 5.78 Å². The number of anilines is 1. The largest absolute Gasteiger partial charge is 0.507 e. The van der Waals surface area contributed by atoms with E-state index in [2.05, 4.69) is 41.4 Å². The summed E-state index contributed by atoms with van der Waals surface area (Å²) in [5.41, 5.74) is 4.35. The second-order valence-electron chi connectivity index (χ2n) is 11.0. The van der Waals surface area contributed by atoms with Crippen LogP contribution in [0.5, 0.6) is 11.5 Å². The van der Waals surface area contributed by atoms with Crippen LogP contribution in [0, 0.1) is 6.92 Å². The van der Waals surface area contributed by atoms with Gasteiger partial charge >= 0.3 is 5.91 Å². The number of amides is 1. The van der Waals surface area contributed by atoms with E-state index in [4.69, 9.17) is 9.47 Å². The number of aryl methyl sites for hydroxylation is 1. The van der Waals surface area contributed by atoms with Crippen LogP contribution in [0.3, 0.4) is 0 Å². The number of fused-ring (bicyclic) bond motifs is 1. The average Bonchev–Trinajstić information content (AvgIpc) is 3.71. The molecule has 2 atom stereocenters. The van der Waals surface area contributed by atoms with Crippen LogP contribution in [0.1, 0.15) is 60.5 Å². The van der Waals surface area contributed by atoms with Crippen LogP contribution in [0.4, 0.5) is 5.13 Å². The number of aliphatic hydroxyl groups excluding tert-OH is 1. The highest BCUT2D eigenvalue weighted by Gasteiger charge is 2.48. The Balaban J connectivity index is 1.38.